The van der Waals surface area contributed by atoms with Crippen LogP contribution in [-0.4, -0.2) is 122 Å². The quantitative estimate of drug-likeness (QED) is 0.182. The second-order valence-electron chi connectivity index (χ2n) is 18.9. The molecule has 6 fully saturated rings. The van der Waals surface area contributed by atoms with Crippen molar-refractivity contribution in [2.45, 2.75) is 209 Å². The third-order valence-corrected chi connectivity index (χ3v) is 14.0. The Morgan fingerprint density at radius 3 is 2.49 bits per heavy atom. The van der Waals surface area contributed by atoms with Gasteiger partial charge in [-0.25, -0.2) is 4.79 Å². The van der Waals surface area contributed by atoms with Gasteiger partial charge in [0.25, 0.3) is 0 Å². The van der Waals surface area contributed by atoms with E-state index in [1.165, 1.54) is 6.92 Å². The van der Waals surface area contributed by atoms with Crippen molar-refractivity contribution in [2.24, 2.45) is 17.8 Å². The molecule has 0 amide bonds. The molecule has 7 heterocycles. The van der Waals surface area contributed by atoms with E-state index in [1.807, 2.05) is 19.9 Å². The van der Waals surface area contributed by atoms with Gasteiger partial charge in [-0.2, -0.15) is 0 Å². The minimum Gasteiger partial charge on any atom is -0.479 e. The normalized spacial score (nSPS) is 45.4. The van der Waals surface area contributed by atoms with Crippen LogP contribution in [0.4, 0.5) is 0 Å². The highest BCUT2D eigenvalue weighted by atomic mass is 16.7. The van der Waals surface area contributed by atoms with Gasteiger partial charge >= 0.3 is 5.97 Å². The molecule has 13 heteroatoms. The number of aliphatic hydroxyl groups is 4. The first-order valence-corrected chi connectivity index (χ1v) is 21.7. The van der Waals surface area contributed by atoms with Crippen LogP contribution in [0.25, 0.3) is 0 Å². The maximum absolute atomic E-state index is 11.6. The van der Waals surface area contributed by atoms with Gasteiger partial charge in [-0.1, -0.05) is 45.1 Å². The molecule has 0 aromatic heterocycles. The van der Waals surface area contributed by atoms with Gasteiger partial charge in [-0.15, -0.1) is 0 Å². The van der Waals surface area contributed by atoms with Crippen LogP contribution >= 0.6 is 0 Å². The van der Waals surface area contributed by atoms with Crippen molar-refractivity contribution < 1.29 is 63.5 Å². The van der Waals surface area contributed by atoms with Gasteiger partial charge in [-0.3, -0.25) is 0 Å². The van der Waals surface area contributed by atoms with E-state index < -0.39 is 71.7 Å². The fourth-order valence-corrected chi connectivity index (χ4v) is 10.5. The minimum absolute atomic E-state index is 0.0423. The number of carbonyl (C=O) groups is 1. The number of fused-ring (bicyclic) bond motifs is 1. The predicted octanol–water partition coefficient (Wildman–Crippen LogP) is 5.21. The topological polar surface area (TPSA) is 183 Å². The standard InChI is InChI=1S/C44H68O13/c1-25-21-34(55-44(23-25)35(46)12-11-31(54-44)24-41(6,50)40(48)49)26(2)9-10-30-14-18-43(53-30)19-15-33-39(57-43)36(47)29(5)38(52-33)32(45)22-28(4)37-27(3)13-17-42(56-37)16-7-8-20-51-42/h9-10,23,26-28,30-39,45-47,50H,5,7-8,11-22,24H2,1-4,6H3,(H,48,49)/t26-,27?,28+,30?,31+,32?,33-,34?,35?,36-,37?,38?,39?,41+,42+,43?,44?/m1/s1. The molecule has 0 radical (unpaired) electrons. The third kappa shape index (κ3) is 9.15. The molecule has 3 spiro atoms. The van der Waals surface area contributed by atoms with E-state index in [2.05, 4.69) is 26.5 Å². The lowest BCUT2D eigenvalue weighted by Gasteiger charge is -2.50. The van der Waals surface area contributed by atoms with Crippen molar-refractivity contribution in [3.63, 3.8) is 0 Å². The molecular formula is C44H68O13. The molecule has 0 aliphatic carbocycles. The summed E-state index contributed by atoms with van der Waals surface area (Å²) in [6, 6.07) is 0. The number of carboxylic acids is 1. The highest BCUT2D eigenvalue weighted by Gasteiger charge is 2.55. The summed E-state index contributed by atoms with van der Waals surface area (Å²) < 4.78 is 45.2. The van der Waals surface area contributed by atoms with Crippen LogP contribution in [0, 0.1) is 17.8 Å². The lowest BCUT2D eigenvalue weighted by molar-refractivity contribution is -0.321. The summed E-state index contributed by atoms with van der Waals surface area (Å²) in [5.41, 5.74) is -0.551. The van der Waals surface area contributed by atoms with E-state index in [1.54, 1.807) is 6.08 Å². The van der Waals surface area contributed by atoms with Crippen molar-refractivity contribution in [3.8, 4) is 0 Å². The summed E-state index contributed by atoms with van der Waals surface area (Å²) >= 11 is 0. The van der Waals surface area contributed by atoms with Crippen LogP contribution in [0.2, 0.25) is 0 Å². The maximum atomic E-state index is 11.6. The smallest absolute Gasteiger partial charge is 0.335 e. The lowest BCUT2D eigenvalue weighted by Crippen LogP contribution is -2.60. The zero-order valence-electron chi connectivity index (χ0n) is 34.6. The van der Waals surface area contributed by atoms with Crippen LogP contribution in [0.5, 0.6) is 0 Å². The van der Waals surface area contributed by atoms with Crippen molar-refractivity contribution in [2.75, 3.05) is 6.61 Å². The molecule has 0 bridgehead atoms. The number of aliphatic hydroxyl groups excluding tert-OH is 3. The van der Waals surface area contributed by atoms with E-state index in [9.17, 15) is 30.3 Å². The summed E-state index contributed by atoms with van der Waals surface area (Å²) in [4.78, 5) is 11.6. The number of rotatable bonds is 10. The summed E-state index contributed by atoms with van der Waals surface area (Å²) in [5, 5.41) is 54.0. The van der Waals surface area contributed by atoms with Gasteiger partial charge < -0.3 is 58.7 Å². The zero-order valence-corrected chi connectivity index (χ0v) is 34.6. The highest BCUT2D eigenvalue weighted by Crippen LogP contribution is 2.47. The first kappa shape index (κ1) is 43.3. The number of hydrogen-bond acceptors (Lipinski definition) is 12. The second kappa shape index (κ2) is 17.0. The fraction of sp³-hybridized carbons (Fsp3) is 0.841. The van der Waals surface area contributed by atoms with E-state index in [0.717, 1.165) is 50.7 Å². The lowest BCUT2D eigenvalue weighted by atomic mass is 9.79. The number of hydrogen-bond donors (Lipinski definition) is 5. The molecule has 6 saturated heterocycles. The Hall–Kier alpha value is -1.75. The van der Waals surface area contributed by atoms with Crippen LogP contribution in [0.15, 0.2) is 36.0 Å². The van der Waals surface area contributed by atoms with E-state index >= 15 is 0 Å². The molecular weight excluding hydrogens is 736 g/mol. The number of aliphatic carboxylic acids is 1. The van der Waals surface area contributed by atoms with Crippen molar-refractivity contribution >= 4 is 5.97 Å². The molecule has 10 unspecified atom stereocenters. The van der Waals surface area contributed by atoms with Gasteiger partial charge in [0.05, 0.1) is 43.2 Å². The molecule has 0 aromatic rings. The molecule has 7 aliphatic rings. The molecule has 13 nitrogen and oxygen atoms in total. The number of carboxylic acid groups (broad SMARTS) is 1. The Labute approximate surface area is 337 Å². The first-order valence-electron chi connectivity index (χ1n) is 21.7. The molecule has 7 rings (SSSR count). The molecule has 57 heavy (non-hydrogen) atoms. The molecule has 0 aromatic carbocycles. The van der Waals surface area contributed by atoms with Crippen molar-refractivity contribution in [3.05, 3.63) is 36.0 Å². The summed E-state index contributed by atoms with van der Waals surface area (Å²) in [6.45, 7) is 14.5. The van der Waals surface area contributed by atoms with Gasteiger partial charge in [0.1, 0.15) is 24.4 Å². The van der Waals surface area contributed by atoms with Crippen LogP contribution in [-0.2, 0) is 38.0 Å². The molecule has 7 aliphatic heterocycles. The van der Waals surface area contributed by atoms with Gasteiger partial charge in [-0.05, 0) is 95.1 Å². The van der Waals surface area contributed by atoms with Gasteiger partial charge in [0, 0.05) is 38.0 Å². The predicted molar refractivity (Wildman–Crippen MR) is 208 cm³/mol. The fourth-order valence-electron chi connectivity index (χ4n) is 10.5. The average molecular weight is 805 g/mol. The van der Waals surface area contributed by atoms with Crippen molar-refractivity contribution in [1.82, 2.24) is 0 Å². The Balaban J connectivity index is 0.920. The van der Waals surface area contributed by atoms with E-state index in [-0.39, 0.29) is 36.6 Å². The highest BCUT2D eigenvalue weighted by molar-refractivity contribution is 5.76. The SMILES string of the molecule is C=C1C(C(O)C[C@H](C)C2O[C@@]3(CCCCO3)CCC2C)O[C@@H]2CCC3(CCC(C=C[C@@H](C)C4CC(C)=CC5(O4)O[C@H](C[C@](C)(O)C(=O)O)CCC5O)O3)OC2[C@@H]1O. The minimum atomic E-state index is -1.96. The Bertz CT molecular complexity index is 1510. The first-order chi connectivity index (χ1) is 26.9. The molecule has 5 N–H and O–H groups in total. The van der Waals surface area contributed by atoms with E-state index in [0.29, 0.717) is 56.4 Å². The van der Waals surface area contributed by atoms with Gasteiger partial charge in [0.2, 0.25) is 5.79 Å². The Morgan fingerprint density at radius 1 is 1.00 bits per heavy atom. The monoisotopic (exact) mass is 804 g/mol. The Morgan fingerprint density at radius 2 is 1.75 bits per heavy atom. The van der Waals surface area contributed by atoms with Crippen molar-refractivity contribution in [1.29, 1.82) is 0 Å². The largest absolute Gasteiger partial charge is 0.479 e. The number of ether oxygens (including phenoxy) is 7. The summed E-state index contributed by atoms with van der Waals surface area (Å²) in [6.07, 6.45) is 9.37. The summed E-state index contributed by atoms with van der Waals surface area (Å²) in [5.74, 6) is -3.82. The van der Waals surface area contributed by atoms with Crippen LogP contribution < -0.4 is 0 Å². The second-order valence-corrected chi connectivity index (χ2v) is 18.9. The van der Waals surface area contributed by atoms with E-state index in [4.69, 9.17) is 33.2 Å². The summed E-state index contributed by atoms with van der Waals surface area (Å²) in [7, 11) is 0. The average Bonchev–Trinajstić information content (AvgIpc) is 3.56. The molecule has 322 valence electrons. The van der Waals surface area contributed by atoms with Crippen LogP contribution in [0.3, 0.4) is 0 Å². The van der Waals surface area contributed by atoms with Gasteiger partial charge in [0.15, 0.2) is 17.2 Å². The maximum Gasteiger partial charge on any atom is 0.335 e. The zero-order chi connectivity index (χ0) is 40.9. The third-order valence-electron chi connectivity index (χ3n) is 14.0. The molecule has 17 atom stereocenters. The Kier molecular flexibility index (Phi) is 12.9. The molecule has 0 saturated carbocycles. The van der Waals surface area contributed by atoms with Crippen LogP contribution in [0.1, 0.15) is 125 Å².